The molecule has 0 aliphatic heterocycles. The van der Waals surface area contributed by atoms with Crippen LogP contribution in [-0.2, 0) is 19.5 Å². The molecule has 0 unspecified atom stereocenters. The van der Waals surface area contributed by atoms with E-state index in [1.54, 1.807) is 22.7 Å². The van der Waals surface area contributed by atoms with Gasteiger partial charge >= 0.3 is 0 Å². The summed E-state index contributed by atoms with van der Waals surface area (Å²) >= 11 is 3.55. The summed E-state index contributed by atoms with van der Waals surface area (Å²) in [5.41, 5.74) is 7.05. The molecule has 2 aromatic heterocycles. The quantitative estimate of drug-likeness (QED) is 0.839. The predicted molar refractivity (Wildman–Crippen MR) is 89.6 cm³/mol. The van der Waals surface area contributed by atoms with Gasteiger partial charge in [-0.25, -0.2) is 4.98 Å². The molecule has 2 N–H and O–H groups in total. The first-order chi connectivity index (χ1) is 9.65. The van der Waals surface area contributed by atoms with Gasteiger partial charge in [-0.1, -0.05) is 19.4 Å². The van der Waals surface area contributed by atoms with E-state index in [4.69, 9.17) is 10.7 Å². The van der Waals surface area contributed by atoms with Crippen LogP contribution >= 0.6 is 22.7 Å². The van der Waals surface area contributed by atoms with Crippen LogP contribution in [0.5, 0.6) is 0 Å². The molecule has 0 radical (unpaired) electrons. The van der Waals surface area contributed by atoms with E-state index in [1.807, 2.05) is 0 Å². The predicted octanol–water partition coefficient (Wildman–Crippen LogP) is 4.03. The fourth-order valence-corrected chi connectivity index (χ4v) is 3.95. The molecule has 2 aromatic rings. The van der Waals surface area contributed by atoms with Gasteiger partial charge in [0.15, 0.2) is 5.13 Å². The first-order valence-electron chi connectivity index (χ1n) is 7.13. The van der Waals surface area contributed by atoms with Crippen molar-refractivity contribution >= 4 is 27.8 Å². The maximum absolute atomic E-state index is 5.86. The zero-order chi connectivity index (χ0) is 14.5. The average Bonchev–Trinajstić information content (AvgIpc) is 3.05. The molecule has 20 heavy (non-hydrogen) atoms. The number of anilines is 1. The highest BCUT2D eigenvalue weighted by Gasteiger charge is 2.18. The molecule has 2 rings (SSSR count). The van der Waals surface area contributed by atoms with Gasteiger partial charge in [0.25, 0.3) is 0 Å². The Hall–Kier alpha value is -0.910. The molecule has 0 bridgehead atoms. The molecule has 0 saturated heterocycles. The molecule has 3 nitrogen and oxygen atoms in total. The summed E-state index contributed by atoms with van der Waals surface area (Å²) in [6, 6.07) is 4.72. The standard InChI is InChI=1S/C15H23N3S2/c1-4-6-13-14(9-16)20-15(17-13)18(11(2)3)10-12-7-5-8-19-12/h5,7-8,11H,4,6,9-10,16H2,1-3H3. The molecule has 0 fully saturated rings. The smallest absolute Gasteiger partial charge is 0.186 e. The number of rotatable bonds is 7. The average molecular weight is 310 g/mol. The summed E-state index contributed by atoms with van der Waals surface area (Å²) in [6.07, 6.45) is 2.14. The molecule has 0 amide bonds. The second kappa shape index (κ2) is 7.20. The van der Waals surface area contributed by atoms with E-state index in [1.165, 1.54) is 15.4 Å². The van der Waals surface area contributed by atoms with Crippen LogP contribution in [0.1, 0.15) is 42.6 Å². The minimum atomic E-state index is 0.434. The molecular formula is C15H23N3S2. The minimum absolute atomic E-state index is 0.434. The first-order valence-corrected chi connectivity index (χ1v) is 8.83. The monoisotopic (exact) mass is 309 g/mol. The molecule has 0 aromatic carbocycles. The summed E-state index contributed by atoms with van der Waals surface area (Å²) in [5, 5.41) is 3.24. The fourth-order valence-electron chi connectivity index (χ4n) is 2.13. The fraction of sp³-hybridized carbons (Fsp3) is 0.533. The first kappa shape index (κ1) is 15.5. The minimum Gasteiger partial charge on any atom is -0.341 e. The van der Waals surface area contributed by atoms with Crippen LogP contribution in [0.15, 0.2) is 17.5 Å². The third-order valence-corrected chi connectivity index (χ3v) is 5.23. The van der Waals surface area contributed by atoms with Gasteiger partial charge < -0.3 is 10.6 Å². The summed E-state index contributed by atoms with van der Waals surface area (Å²) < 4.78 is 0. The maximum atomic E-state index is 5.86. The normalized spacial score (nSPS) is 11.2. The Labute approximate surface area is 129 Å². The second-order valence-corrected chi connectivity index (χ2v) is 7.22. The molecule has 0 aliphatic rings. The van der Waals surface area contributed by atoms with E-state index in [2.05, 4.69) is 43.2 Å². The van der Waals surface area contributed by atoms with Gasteiger partial charge in [-0.2, -0.15) is 0 Å². The van der Waals surface area contributed by atoms with Gasteiger partial charge in [-0.05, 0) is 31.7 Å². The molecule has 0 aliphatic carbocycles. The Balaban J connectivity index is 2.24. The molecular weight excluding hydrogens is 286 g/mol. The van der Waals surface area contributed by atoms with Crippen molar-refractivity contribution < 1.29 is 0 Å². The third-order valence-electron chi connectivity index (χ3n) is 3.21. The molecule has 0 saturated carbocycles. The van der Waals surface area contributed by atoms with Crippen LogP contribution in [0.2, 0.25) is 0 Å². The number of aromatic nitrogens is 1. The van der Waals surface area contributed by atoms with E-state index in [0.29, 0.717) is 12.6 Å². The van der Waals surface area contributed by atoms with Crippen molar-refractivity contribution in [3.8, 4) is 0 Å². The van der Waals surface area contributed by atoms with Crippen molar-refractivity contribution in [1.82, 2.24) is 4.98 Å². The molecule has 110 valence electrons. The van der Waals surface area contributed by atoms with Gasteiger partial charge in [0.05, 0.1) is 12.2 Å². The zero-order valence-electron chi connectivity index (χ0n) is 12.4. The lowest BCUT2D eigenvalue weighted by Crippen LogP contribution is -2.29. The lowest BCUT2D eigenvalue weighted by molar-refractivity contribution is 0.682. The number of thiazole rings is 1. The lowest BCUT2D eigenvalue weighted by atomic mass is 10.2. The van der Waals surface area contributed by atoms with Crippen molar-refractivity contribution in [2.45, 2.75) is 52.7 Å². The second-order valence-electron chi connectivity index (χ2n) is 5.12. The van der Waals surface area contributed by atoms with E-state index in [-0.39, 0.29) is 0 Å². The van der Waals surface area contributed by atoms with Crippen molar-refractivity contribution in [2.75, 3.05) is 4.90 Å². The Kier molecular flexibility index (Phi) is 5.57. The topological polar surface area (TPSA) is 42.2 Å². The van der Waals surface area contributed by atoms with Crippen LogP contribution < -0.4 is 10.6 Å². The zero-order valence-corrected chi connectivity index (χ0v) is 14.1. The van der Waals surface area contributed by atoms with Crippen LogP contribution in [-0.4, -0.2) is 11.0 Å². The van der Waals surface area contributed by atoms with Crippen LogP contribution in [0.25, 0.3) is 0 Å². The molecule has 0 atom stereocenters. The highest BCUT2D eigenvalue weighted by atomic mass is 32.1. The van der Waals surface area contributed by atoms with Crippen molar-refractivity contribution in [1.29, 1.82) is 0 Å². The summed E-state index contributed by atoms with van der Waals surface area (Å²) in [6.45, 7) is 8.15. The van der Waals surface area contributed by atoms with Gasteiger partial charge in [0.2, 0.25) is 0 Å². The lowest BCUT2D eigenvalue weighted by Gasteiger charge is -2.25. The Bertz CT molecular complexity index is 517. The molecule has 5 heteroatoms. The van der Waals surface area contributed by atoms with Crippen molar-refractivity contribution in [2.24, 2.45) is 5.73 Å². The largest absolute Gasteiger partial charge is 0.341 e. The number of hydrogen-bond acceptors (Lipinski definition) is 5. The van der Waals surface area contributed by atoms with Crippen LogP contribution in [0.4, 0.5) is 5.13 Å². The SMILES string of the molecule is CCCc1nc(N(Cc2cccs2)C(C)C)sc1CN. The van der Waals surface area contributed by atoms with Gasteiger partial charge in [0, 0.05) is 22.3 Å². The van der Waals surface area contributed by atoms with Crippen molar-refractivity contribution in [3.05, 3.63) is 33.0 Å². The third kappa shape index (κ3) is 3.59. The van der Waals surface area contributed by atoms with Gasteiger partial charge in [-0.3, -0.25) is 0 Å². The van der Waals surface area contributed by atoms with E-state index >= 15 is 0 Å². The maximum Gasteiger partial charge on any atom is 0.186 e. The summed E-state index contributed by atoms with van der Waals surface area (Å²) in [4.78, 5) is 9.82. The summed E-state index contributed by atoms with van der Waals surface area (Å²) in [7, 11) is 0. The van der Waals surface area contributed by atoms with Crippen molar-refractivity contribution in [3.63, 3.8) is 0 Å². The van der Waals surface area contributed by atoms with Gasteiger partial charge in [0.1, 0.15) is 0 Å². The Morgan fingerprint density at radius 3 is 2.75 bits per heavy atom. The van der Waals surface area contributed by atoms with Crippen LogP contribution in [0.3, 0.4) is 0 Å². The highest BCUT2D eigenvalue weighted by Crippen LogP contribution is 2.30. The van der Waals surface area contributed by atoms with E-state index < -0.39 is 0 Å². The van der Waals surface area contributed by atoms with E-state index in [0.717, 1.165) is 24.5 Å². The van der Waals surface area contributed by atoms with Gasteiger partial charge in [-0.15, -0.1) is 22.7 Å². The molecule has 0 spiro atoms. The summed E-state index contributed by atoms with van der Waals surface area (Å²) in [5.74, 6) is 0. The number of aryl methyl sites for hydroxylation is 1. The number of nitrogens with zero attached hydrogens (tertiary/aromatic N) is 2. The Morgan fingerprint density at radius 2 is 2.20 bits per heavy atom. The van der Waals surface area contributed by atoms with E-state index in [9.17, 15) is 0 Å². The number of thiophene rings is 1. The number of nitrogens with two attached hydrogens (primary N) is 1. The highest BCUT2D eigenvalue weighted by molar-refractivity contribution is 7.15. The Morgan fingerprint density at radius 1 is 1.40 bits per heavy atom. The number of hydrogen-bond donors (Lipinski definition) is 1. The van der Waals surface area contributed by atoms with Crippen LogP contribution in [0, 0.1) is 0 Å². The molecule has 2 heterocycles.